The van der Waals surface area contributed by atoms with Gasteiger partial charge >= 0.3 is 11.4 Å². The quantitative estimate of drug-likeness (QED) is 0.486. The van der Waals surface area contributed by atoms with Gasteiger partial charge in [-0.3, -0.25) is 20.2 Å². The Bertz CT molecular complexity index is 303. The fraction of sp³-hybridized carbons (Fsp3) is 0. The van der Waals surface area contributed by atoms with Crippen molar-refractivity contribution in [3.05, 3.63) is 44.5 Å². The average molecular weight is 166 g/mol. The zero-order chi connectivity index (χ0) is 9.14. The van der Waals surface area contributed by atoms with Crippen LogP contribution in [-0.4, -0.2) is 9.85 Å². The molecule has 0 bridgehead atoms. The van der Waals surface area contributed by atoms with E-state index in [2.05, 4.69) is 12.1 Å². The average Bonchev–Trinajstić information content (AvgIpc) is 2.04. The molecule has 60 valence electrons. The molecule has 6 heteroatoms. The molecule has 0 N–H and O–H groups in total. The maximum Gasteiger partial charge on any atom is 0.354 e. The van der Waals surface area contributed by atoms with E-state index in [-0.39, 0.29) is 0 Å². The summed E-state index contributed by atoms with van der Waals surface area (Å²) < 4.78 is 0. The van der Waals surface area contributed by atoms with Crippen LogP contribution in [0.2, 0.25) is 0 Å². The van der Waals surface area contributed by atoms with Gasteiger partial charge in [-0.05, 0) is 12.1 Å². The largest absolute Gasteiger partial charge is 0.354 e. The predicted molar refractivity (Wildman–Crippen MR) is 37.4 cm³/mol. The van der Waals surface area contributed by atoms with E-state index in [0.717, 1.165) is 0 Å². The SMILES string of the molecule is O=[N+]([O-])c1[c]cc[c]c1[N+](=O)[O-]. The molecule has 2 radical (unpaired) electrons. The smallest absolute Gasteiger partial charge is 0.258 e. The molecule has 0 atom stereocenters. The van der Waals surface area contributed by atoms with Crippen LogP contribution < -0.4 is 0 Å². The monoisotopic (exact) mass is 166 g/mol. The molecular weight excluding hydrogens is 164 g/mol. The van der Waals surface area contributed by atoms with Crippen LogP contribution in [0.5, 0.6) is 0 Å². The topological polar surface area (TPSA) is 86.3 Å². The number of nitrogens with zero attached hydrogens (tertiary/aromatic N) is 2. The number of nitro groups is 2. The van der Waals surface area contributed by atoms with Crippen molar-refractivity contribution in [2.75, 3.05) is 0 Å². The molecule has 0 fully saturated rings. The zero-order valence-electron chi connectivity index (χ0n) is 5.68. The first-order valence-corrected chi connectivity index (χ1v) is 2.84. The second-order valence-electron chi connectivity index (χ2n) is 1.83. The van der Waals surface area contributed by atoms with Gasteiger partial charge < -0.3 is 0 Å². The molecule has 0 aromatic heterocycles. The van der Waals surface area contributed by atoms with Gasteiger partial charge in [0.2, 0.25) is 0 Å². The lowest BCUT2D eigenvalue weighted by Gasteiger charge is -1.90. The first kappa shape index (κ1) is 8.12. The van der Waals surface area contributed by atoms with Gasteiger partial charge in [0.25, 0.3) is 0 Å². The van der Waals surface area contributed by atoms with Crippen LogP contribution in [0, 0.1) is 32.4 Å². The summed E-state index contributed by atoms with van der Waals surface area (Å²) in [5.74, 6) is 0. The predicted octanol–water partition coefficient (Wildman–Crippen LogP) is 1.10. The summed E-state index contributed by atoms with van der Waals surface area (Å²) in [6.07, 6.45) is 0. The molecule has 0 aliphatic rings. The van der Waals surface area contributed by atoms with Crippen LogP contribution >= 0.6 is 0 Å². The van der Waals surface area contributed by atoms with Gasteiger partial charge in [-0.2, -0.15) is 0 Å². The second-order valence-corrected chi connectivity index (χ2v) is 1.83. The fourth-order valence-corrected chi connectivity index (χ4v) is 0.656. The van der Waals surface area contributed by atoms with Gasteiger partial charge in [0.15, 0.2) is 0 Å². The molecule has 0 unspecified atom stereocenters. The number of hydrogen-bond donors (Lipinski definition) is 0. The summed E-state index contributed by atoms with van der Waals surface area (Å²) in [5, 5.41) is 20.4. The third-order valence-electron chi connectivity index (χ3n) is 1.11. The van der Waals surface area contributed by atoms with Crippen molar-refractivity contribution in [2.24, 2.45) is 0 Å². The standard InChI is InChI=1S/C6H2N2O4/c9-7(10)5-3-1-2-4-6(5)8(11)12/h1-2H. The highest BCUT2D eigenvalue weighted by atomic mass is 16.6. The Labute approximate surface area is 66.7 Å². The van der Waals surface area contributed by atoms with E-state index in [1.165, 1.54) is 12.1 Å². The van der Waals surface area contributed by atoms with Crippen LogP contribution in [0.3, 0.4) is 0 Å². The molecule has 0 spiro atoms. The third-order valence-corrected chi connectivity index (χ3v) is 1.11. The third kappa shape index (κ3) is 1.36. The molecule has 12 heavy (non-hydrogen) atoms. The first-order valence-electron chi connectivity index (χ1n) is 2.84. The van der Waals surface area contributed by atoms with Crippen molar-refractivity contribution in [1.82, 2.24) is 0 Å². The molecule has 1 rings (SSSR count). The van der Waals surface area contributed by atoms with Crippen molar-refractivity contribution in [3.8, 4) is 0 Å². The van der Waals surface area contributed by atoms with Gasteiger partial charge in [0, 0.05) is 0 Å². The van der Waals surface area contributed by atoms with Gasteiger partial charge in [-0.15, -0.1) is 0 Å². The Hall–Kier alpha value is -1.98. The van der Waals surface area contributed by atoms with E-state index in [9.17, 15) is 20.2 Å². The first-order chi connectivity index (χ1) is 5.63. The summed E-state index contributed by atoms with van der Waals surface area (Å²) in [6.45, 7) is 0. The van der Waals surface area contributed by atoms with Crippen molar-refractivity contribution in [1.29, 1.82) is 0 Å². The van der Waals surface area contributed by atoms with Crippen molar-refractivity contribution in [3.63, 3.8) is 0 Å². The van der Waals surface area contributed by atoms with Crippen molar-refractivity contribution < 1.29 is 9.85 Å². The Kier molecular flexibility index (Phi) is 2.00. The lowest BCUT2D eigenvalue weighted by atomic mass is 10.3. The Morgan fingerprint density at radius 3 is 1.58 bits per heavy atom. The highest BCUT2D eigenvalue weighted by molar-refractivity contribution is 5.49. The normalized spacial score (nSPS) is 9.33. The Balaban J connectivity index is 3.27. The van der Waals surface area contributed by atoms with Crippen LogP contribution in [0.15, 0.2) is 12.1 Å². The van der Waals surface area contributed by atoms with Gasteiger partial charge in [-0.25, -0.2) is 0 Å². The maximum absolute atomic E-state index is 10.2. The van der Waals surface area contributed by atoms with E-state index in [1.807, 2.05) is 0 Å². The molecule has 0 aliphatic heterocycles. The highest BCUT2D eigenvalue weighted by Gasteiger charge is 2.22. The van der Waals surface area contributed by atoms with Crippen LogP contribution in [0.4, 0.5) is 11.4 Å². The minimum atomic E-state index is -0.866. The van der Waals surface area contributed by atoms with E-state index in [4.69, 9.17) is 0 Å². The van der Waals surface area contributed by atoms with Crippen LogP contribution in [0.1, 0.15) is 0 Å². The number of nitro benzene ring substituents is 2. The highest BCUT2D eigenvalue weighted by Crippen LogP contribution is 2.23. The summed E-state index contributed by atoms with van der Waals surface area (Å²) in [7, 11) is 0. The summed E-state index contributed by atoms with van der Waals surface area (Å²) in [5.41, 5.74) is -1.33. The van der Waals surface area contributed by atoms with Gasteiger partial charge in [0.05, 0.1) is 22.0 Å². The molecule has 0 heterocycles. The van der Waals surface area contributed by atoms with Crippen molar-refractivity contribution >= 4 is 11.4 Å². The summed E-state index contributed by atoms with van der Waals surface area (Å²) >= 11 is 0. The van der Waals surface area contributed by atoms with E-state index in [1.54, 1.807) is 0 Å². The fourth-order valence-electron chi connectivity index (χ4n) is 0.656. The Morgan fingerprint density at radius 1 is 1.00 bits per heavy atom. The molecule has 1 aromatic carbocycles. The number of hydrogen-bond acceptors (Lipinski definition) is 4. The maximum atomic E-state index is 10.2. The van der Waals surface area contributed by atoms with Gasteiger partial charge in [0.1, 0.15) is 0 Å². The van der Waals surface area contributed by atoms with Gasteiger partial charge in [-0.1, -0.05) is 0 Å². The molecule has 0 saturated carbocycles. The molecular formula is C6H2N2O4. The summed E-state index contributed by atoms with van der Waals surface area (Å²) in [6, 6.07) is 6.69. The molecule has 0 amide bonds. The van der Waals surface area contributed by atoms with E-state index >= 15 is 0 Å². The number of rotatable bonds is 2. The van der Waals surface area contributed by atoms with E-state index in [0.29, 0.717) is 0 Å². The zero-order valence-corrected chi connectivity index (χ0v) is 5.68. The molecule has 0 saturated heterocycles. The molecule has 0 aliphatic carbocycles. The lowest BCUT2D eigenvalue weighted by Crippen LogP contribution is -1.95. The van der Waals surface area contributed by atoms with Crippen LogP contribution in [0.25, 0.3) is 0 Å². The minimum absolute atomic E-state index is 0.664. The van der Waals surface area contributed by atoms with E-state index < -0.39 is 21.2 Å². The summed E-state index contributed by atoms with van der Waals surface area (Å²) in [4.78, 5) is 18.6. The van der Waals surface area contributed by atoms with Crippen molar-refractivity contribution in [2.45, 2.75) is 0 Å². The minimum Gasteiger partial charge on any atom is -0.258 e. The lowest BCUT2D eigenvalue weighted by molar-refractivity contribution is -0.422. The second kappa shape index (κ2) is 2.95. The Morgan fingerprint density at radius 2 is 1.33 bits per heavy atom. The van der Waals surface area contributed by atoms with Crippen LogP contribution in [-0.2, 0) is 0 Å². The molecule has 6 nitrogen and oxygen atoms in total. The number of benzene rings is 1. The molecule has 1 aromatic rings.